The van der Waals surface area contributed by atoms with Gasteiger partial charge < -0.3 is 15.2 Å². The number of carbonyl (C=O) groups excluding carboxylic acids is 2. The minimum atomic E-state index is -1.64. The number of methoxy groups -OCH3 is 1. The van der Waals surface area contributed by atoms with Crippen LogP contribution in [0.2, 0.25) is 0 Å². The minimum absolute atomic E-state index is 0.0208. The van der Waals surface area contributed by atoms with Crippen LogP contribution in [0.1, 0.15) is 6.92 Å². The summed E-state index contributed by atoms with van der Waals surface area (Å²) in [5.41, 5.74) is -1.19. The van der Waals surface area contributed by atoms with Gasteiger partial charge in [0.05, 0.1) is 5.75 Å². The number of aryl methyl sites for hydroxylation is 1. The summed E-state index contributed by atoms with van der Waals surface area (Å²) >= 11 is 3.84. The van der Waals surface area contributed by atoms with Crippen LogP contribution in [0, 0.1) is 0 Å². The first-order chi connectivity index (χ1) is 16.4. The zero-order valence-electron chi connectivity index (χ0n) is 18.0. The molecule has 1 saturated heterocycles. The number of hydrogen-bond donors (Lipinski definition) is 2. The van der Waals surface area contributed by atoms with E-state index in [1.807, 2.05) is 6.92 Å². The SMILES string of the molecule is CCn1nnnc1SCC1=C(C(=O)O)N2C(=O)C(NC(=O)CSCn3ncnn3)(OC)C2SC1. The molecule has 4 rings (SSSR count). The first-order valence-corrected chi connectivity index (χ1v) is 13.0. The van der Waals surface area contributed by atoms with Gasteiger partial charge in [-0.25, -0.2) is 9.48 Å². The van der Waals surface area contributed by atoms with Crippen LogP contribution in [0.15, 0.2) is 22.8 Å². The first kappa shape index (κ1) is 24.4. The molecule has 0 saturated carbocycles. The van der Waals surface area contributed by atoms with Gasteiger partial charge in [-0.1, -0.05) is 11.8 Å². The molecule has 182 valence electrons. The van der Waals surface area contributed by atoms with Crippen molar-refractivity contribution in [3.63, 3.8) is 0 Å². The molecule has 2 N–H and O–H groups in total. The van der Waals surface area contributed by atoms with Crippen molar-refractivity contribution in [2.45, 2.75) is 35.6 Å². The number of aromatic nitrogens is 8. The number of ether oxygens (including phenoxy) is 1. The van der Waals surface area contributed by atoms with Crippen molar-refractivity contribution < 1.29 is 24.2 Å². The predicted molar refractivity (Wildman–Crippen MR) is 120 cm³/mol. The number of aliphatic carboxylic acids is 1. The standard InChI is InChI=1S/C16H20N10O5S3/c1-3-24-15(20-21-23-24)34-5-9-4-33-14-16(31-2,13(30)26(14)11(9)12(28)29)19-10(27)6-32-8-25-18-7-17-22-25/h7,14H,3-6,8H2,1-2H3,(H,19,27)(H,28,29). The highest BCUT2D eigenvalue weighted by Gasteiger charge is 2.66. The zero-order valence-corrected chi connectivity index (χ0v) is 20.5. The Bertz CT molecular complexity index is 1110. The Morgan fingerprint density at radius 2 is 2.24 bits per heavy atom. The number of nitrogens with zero attached hydrogens (tertiary/aromatic N) is 9. The summed E-state index contributed by atoms with van der Waals surface area (Å²) in [6.07, 6.45) is 1.29. The van der Waals surface area contributed by atoms with Gasteiger partial charge in [0.25, 0.3) is 11.6 Å². The fourth-order valence-electron chi connectivity index (χ4n) is 3.42. The Labute approximate surface area is 205 Å². The third-order valence-electron chi connectivity index (χ3n) is 4.97. The molecule has 4 heterocycles. The van der Waals surface area contributed by atoms with Gasteiger partial charge in [-0.05, 0) is 28.1 Å². The molecule has 2 amide bonds. The van der Waals surface area contributed by atoms with E-state index in [0.717, 1.165) is 0 Å². The molecule has 0 aromatic carbocycles. The maximum atomic E-state index is 13.1. The van der Waals surface area contributed by atoms with Crippen LogP contribution in [0.5, 0.6) is 0 Å². The summed E-state index contributed by atoms with van der Waals surface area (Å²) in [5.74, 6) is -1.34. The van der Waals surface area contributed by atoms with Crippen LogP contribution in [0.3, 0.4) is 0 Å². The maximum absolute atomic E-state index is 13.1. The second-order valence-electron chi connectivity index (χ2n) is 6.94. The molecule has 15 nitrogen and oxygen atoms in total. The van der Waals surface area contributed by atoms with E-state index in [9.17, 15) is 19.5 Å². The van der Waals surface area contributed by atoms with E-state index in [1.54, 1.807) is 4.68 Å². The van der Waals surface area contributed by atoms with E-state index in [-0.39, 0.29) is 11.4 Å². The number of tetrazole rings is 2. The summed E-state index contributed by atoms with van der Waals surface area (Å²) in [4.78, 5) is 40.2. The Balaban J connectivity index is 1.44. The van der Waals surface area contributed by atoms with Crippen LogP contribution in [0.25, 0.3) is 0 Å². The van der Waals surface area contributed by atoms with Crippen molar-refractivity contribution in [3.8, 4) is 0 Å². The summed E-state index contributed by atoms with van der Waals surface area (Å²) in [5, 5.41) is 34.9. The van der Waals surface area contributed by atoms with Crippen molar-refractivity contribution in [1.82, 2.24) is 50.6 Å². The van der Waals surface area contributed by atoms with Crippen molar-refractivity contribution in [2.75, 3.05) is 24.4 Å². The largest absolute Gasteiger partial charge is 0.477 e. The molecule has 1 fully saturated rings. The monoisotopic (exact) mass is 528 g/mol. The summed E-state index contributed by atoms with van der Waals surface area (Å²) in [7, 11) is 1.31. The number of carboxylic acid groups (broad SMARTS) is 1. The van der Waals surface area contributed by atoms with E-state index in [0.29, 0.717) is 34.7 Å². The molecule has 2 aromatic heterocycles. The van der Waals surface area contributed by atoms with Crippen molar-refractivity contribution in [2.24, 2.45) is 0 Å². The van der Waals surface area contributed by atoms with Crippen LogP contribution in [-0.2, 0) is 31.5 Å². The second kappa shape index (κ2) is 10.3. The normalized spacial score (nSPS) is 21.9. The van der Waals surface area contributed by atoms with Gasteiger partial charge >= 0.3 is 5.97 Å². The number of amides is 2. The van der Waals surface area contributed by atoms with Crippen LogP contribution < -0.4 is 5.32 Å². The molecular formula is C16H20N10O5S3. The lowest BCUT2D eigenvalue weighted by Crippen LogP contribution is -2.80. The number of β-lactam (4-membered cyclic amide) rings is 1. The van der Waals surface area contributed by atoms with Gasteiger partial charge in [-0.15, -0.1) is 38.8 Å². The van der Waals surface area contributed by atoms with Crippen LogP contribution in [0.4, 0.5) is 0 Å². The van der Waals surface area contributed by atoms with Gasteiger partial charge in [-0.3, -0.25) is 14.5 Å². The average Bonchev–Trinajstić information content (AvgIpc) is 3.52. The van der Waals surface area contributed by atoms with Gasteiger partial charge in [0.2, 0.25) is 11.1 Å². The van der Waals surface area contributed by atoms with Crippen molar-refractivity contribution >= 4 is 53.1 Å². The molecule has 0 spiro atoms. The number of hydrogen-bond acceptors (Lipinski definition) is 13. The fraction of sp³-hybridized carbons (Fsp3) is 0.562. The van der Waals surface area contributed by atoms with Crippen LogP contribution >= 0.6 is 35.3 Å². The second-order valence-corrected chi connectivity index (χ2v) is 9.90. The van der Waals surface area contributed by atoms with E-state index < -0.39 is 28.9 Å². The smallest absolute Gasteiger partial charge is 0.352 e. The predicted octanol–water partition coefficient (Wildman–Crippen LogP) is -1.12. The van der Waals surface area contributed by atoms with E-state index in [2.05, 4.69) is 36.3 Å². The van der Waals surface area contributed by atoms with Crippen molar-refractivity contribution in [3.05, 3.63) is 17.6 Å². The van der Waals surface area contributed by atoms with E-state index in [1.165, 1.54) is 58.4 Å². The summed E-state index contributed by atoms with van der Waals surface area (Å²) in [6.45, 7) is 2.47. The highest BCUT2D eigenvalue weighted by atomic mass is 32.2. The number of nitrogens with one attached hydrogen (secondary N) is 1. The maximum Gasteiger partial charge on any atom is 0.352 e. The Kier molecular flexibility index (Phi) is 7.39. The van der Waals surface area contributed by atoms with E-state index >= 15 is 0 Å². The minimum Gasteiger partial charge on any atom is -0.477 e. The van der Waals surface area contributed by atoms with Gasteiger partial charge in [0.1, 0.15) is 16.9 Å². The Morgan fingerprint density at radius 1 is 1.41 bits per heavy atom. The third kappa shape index (κ3) is 4.49. The quantitative estimate of drug-likeness (QED) is 0.203. The average molecular weight is 529 g/mol. The lowest BCUT2D eigenvalue weighted by atomic mass is 9.98. The lowest BCUT2D eigenvalue weighted by molar-refractivity contribution is -0.192. The number of rotatable bonds is 11. The molecular weight excluding hydrogens is 508 g/mol. The van der Waals surface area contributed by atoms with Gasteiger partial charge in [-0.2, -0.15) is 4.80 Å². The fourth-order valence-corrected chi connectivity index (χ4v) is 6.56. The number of carbonyl (C=O) groups is 3. The Morgan fingerprint density at radius 3 is 2.91 bits per heavy atom. The zero-order chi connectivity index (χ0) is 24.3. The molecule has 0 aliphatic carbocycles. The molecule has 2 aliphatic heterocycles. The first-order valence-electron chi connectivity index (χ1n) is 9.85. The molecule has 2 aliphatic rings. The topological polar surface area (TPSA) is 183 Å². The lowest BCUT2D eigenvalue weighted by Gasteiger charge is -2.55. The summed E-state index contributed by atoms with van der Waals surface area (Å²) in [6, 6.07) is 0. The number of fused-ring (bicyclic) bond motifs is 1. The molecule has 34 heavy (non-hydrogen) atoms. The van der Waals surface area contributed by atoms with Gasteiger partial charge in [0, 0.05) is 25.2 Å². The van der Waals surface area contributed by atoms with Gasteiger partial charge in [0.15, 0.2) is 6.33 Å². The highest BCUT2D eigenvalue weighted by molar-refractivity contribution is 8.01. The Hall–Kier alpha value is -2.70. The third-order valence-corrected chi connectivity index (χ3v) is 8.26. The van der Waals surface area contributed by atoms with Crippen LogP contribution in [-0.4, -0.2) is 104 Å². The number of carboxylic acids is 1. The number of thioether (sulfide) groups is 3. The molecule has 2 aromatic rings. The molecule has 2 atom stereocenters. The molecule has 0 radical (unpaired) electrons. The van der Waals surface area contributed by atoms with E-state index in [4.69, 9.17) is 4.74 Å². The van der Waals surface area contributed by atoms with Crippen molar-refractivity contribution in [1.29, 1.82) is 0 Å². The summed E-state index contributed by atoms with van der Waals surface area (Å²) < 4.78 is 7.05. The highest BCUT2D eigenvalue weighted by Crippen LogP contribution is 2.47. The molecule has 0 bridgehead atoms. The molecule has 2 unspecified atom stereocenters. The molecule has 18 heteroatoms.